The Hall–Kier alpha value is -5.26. The zero-order valence-electron chi connectivity index (χ0n) is 26.2. The van der Waals surface area contributed by atoms with Crippen molar-refractivity contribution in [2.24, 2.45) is 7.05 Å². The molecule has 5 aromatic rings. The maximum absolute atomic E-state index is 15.1. The first-order valence-corrected chi connectivity index (χ1v) is 14.7. The van der Waals surface area contributed by atoms with E-state index in [1.54, 1.807) is 38.2 Å². The van der Waals surface area contributed by atoms with Crippen LogP contribution < -0.4 is 16.2 Å². The molecule has 0 unspecified atom stereocenters. The number of aryl methyl sites for hydroxylation is 3. The molecule has 2 aromatic heterocycles. The van der Waals surface area contributed by atoms with Gasteiger partial charge in [0.05, 0.1) is 28.2 Å². The fourth-order valence-electron chi connectivity index (χ4n) is 5.74. The van der Waals surface area contributed by atoms with E-state index in [2.05, 4.69) is 15.6 Å². The van der Waals surface area contributed by atoms with E-state index in [1.165, 1.54) is 48.9 Å². The number of carboxylic acids is 1. The number of halogens is 4. The van der Waals surface area contributed by atoms with Gasteiger partial charge in [-0.3, -0.25) is 14.6 Å². The van der Waals surface area contributed by atoms with Crippen LogP contribution in [0.5, 0.6) is 0 Å². The maximum Gasteiger partial charge on any atom is 0.326 e. The Morgan fingerprint density at radius 3 is 2.43 bits per heavy atom. The van der Waals surface area contributed by atoms with Crippen molar-refractivity contribution in [1.82, 2.24) is 14.9 Å². The van der Waals surface area contributed by atoms with Crippen molar-refractivity contribution < 1.29 is 32.3 Å². The number of hydrogen-bond acceptors (Lipinski definition) is 5. The van der Waals surface area contributed by atoms with Gasteiger partial charge in [0.15, 0.2) is 0 Å². The van der Waals surface area contributed by atoms with Crippen molar-refractivity contribution in [3.63, 3.8) is 0 Å². The van der Waals surface area contributed by atoms with Gasteiger partial charge in [-0.05, 0) is 73.9 Å². The second-order valence-corrected chi connectivity index (χ2v) is 11.7. The van der Waals surface area contributed by atoms with Gasteiger partial charge in [0.25, 0.3) is 17.4 Å². The monoisotopic (exact) mass is 648 g/mol. The van der Waals surface area contributed by atoms with Gasteiger partial charge in [0, 0.05) is 48.6 Å². The van der Waals surface area contributed by atoms with Gasteiger partial charge in [-0.1, -0.05) is 18.2 Å². The number of nitrogens with zero attached hydrogens (tertiary/aromatic N) is 2. The number of amides is 1. The van der Waals surface area contributed by atoms with E-state index in [0.717, 1.165) is 13.0 Å². The molecular weight excluding hydrogens is 616 g/mol. The molecule has 2 heterocycles. The summed E-state index contributed by atoms with van der Waals surface area (Å²) in [6.07, 6.45) is 1.31. The lowest BCUT2D eigenvalue weighted by atomic mass is 9.92. The summed E-state index contributed by atoms with van der Waals surface area (Å²) < 4.78 is 58.0. The fraction of sp³-hybridized carbons (Fsp3) is 0.257. The number of fused-ring (bicyclic) bond motifs is 2. The van der Waals surface area contributed by atoms with Gasteiger partial charge in [-0.25, -0.2) is 22.4 Å². The second kappa shape index (κ2) is 12.5. The highest BCUT2D eigenvalue weighted by Crippen LogP contribution is 2.33. The van der Waals surface area contributed by atoms with Crippen molar-refractivity contribution >= 4 is 39.4 Å². The molecule has 0 saturated carbocycles. The van der Waals surface area contributed by atoms with Crippen LogP contribution in [0, 0.1) is 25.5 Å². The number of carboxylic acid groups (broad SMARTS) is 1. The number of pyridine rings is 2. The molecule has 3 N–H and O–H groups in total. The molecule has 0 aliphatic heterocycles. The highest BCUT2D eigenvalue weighted by molar-refractivity contribution is 6.00. The molecule has 5 rings (SSSR count). The SMILES string of the molecule is Cc1cc(N[C@H](C)C(C)(F)F)cc(F)c1C(=O)N[C@@H](Cc1ccc(-c2c(C)c3cc(F)ccc3n(C)c2=O)c2ncccc12)C(=O)O. The Morgan fingerprint density at radius 1 is 1.04 bits per heavy atom. The standard InChI is InChI=1S/C35H32F4N4O4/c1-17-13-22(41-19(3)35(4,38)39)16-26(37)29(17)32(44)42-27(34(46)47)14-20-8-10-24(31-23(20)7-6-12-40-31)30-18(2)25-15-21(36)9-11-28(25)43(5)33(30)45/h6-13,15-16,19,27,41H,14H2,1-5H3,(H,42,44)(H,46,47)/t19-,27+/m1/s1. The molecule has 0 aliphatic rings. The molecule has 1 amide bonds. The van der Waals surface area contributed by atoms with Crippen LogP contribution >= 0.6 is 0 Å². The predicted molar refractivity (Wildman–Crippen MR) is 172 cm³/mol. The van der Waals surface area contributed by atoms with E-state index in [9.17, 15) is 32.7 Å². The van der Waals surface area contributed by atoms with Crippen LogP contribution in [-0.2, 0) is 18.3 Å². The van der Waals surface area contributed by atoms with E-state index >= 15 is 4.39 Å². The van der Waals surface area contributed by atoms with E-state index in [-0.39, 0.29) is 23.2 Å². The number of alkyl halides is 2. The van der Waals surface area contributed by atoms with Crippen molar-refractivity contribution in [3.8, 4) is 11.1 Å². The largest absolute Gasteiger partial charge is 0.480 e. The zero-order valence-corrected chi connectivity index (χ0v) is 26.2. The third-order valence-electron chi connectivity index (χ3n) is 8.43. The third kappa shape index (κ3) is 6.40. The van der Waals surface area contributed by atoms with Gasteiger partial charge in [0.2, 0.25) is 0 Å². The summed E-state index contributed by atoms with van der Waals surface area (Å²) in [7, 11) is 1.59. The highest BCUT2D eigenvalue weighted by Gasteiger charge is 2.31. The second-order valence-electron chi connectivity index (χ2n) is 11.7. The quantitative estimate of drug-likeness (QED) is 0.157. The molecule has 0 fully saturated rings. The molecule has 244 valence electrons. The molecule has 0 saturated heterocycles. The lowest BCUT2D eigenvalue weighted by molar-refractivity contribution is -0.139. The number of rotatable bonds is 9. The van der Waals surface area contributed by atoms with Crippen LogP contribution in [0.25, 0.3) is 32.9 Å². The molecule has 3 aromatic carbocycles. The Bertz CT molecular complexity index is 2100. The third-order valence-corrected chi connectivity index (χ3v) is 8.43. The lowest BCUT2D eigenvalue weighted by Gasteiger charge is -2.22. The summed E-state index contributed by atoms with van der Waals surface area (Å²) >= 11 is 0. The number of benzene rings is 3. The van der Waals surface area contributed by atoms with E-state index in [0.29, 0.717) is 44.1 Å². The molecule has 0 radical (unpaired) electrons. The number of hydrogen-bond donors (Lipinski definition) is 3. The number of nitrogens with one attached hydrogen (secondary N) is 2. The summed E-state index contributed by atoms with van der Waals surface area (Å²) in [5.74, 6) is -6.92. The van der Waals surface area contributed by atoms with Crippen molar-refractivity contribution in [2.45, 2.75) is 52.1 Å². The van der Waals surface area contributed by atoms with Crippen LogP contribution in [0.4, 0.5) is 23.2 Å². The number of aliphatic carboxylic acids is 1. The summed E-state index contributed by atoms with van der Waals surface area (Å²) in [5.41, 5.74) is 2.18. The zero-order chi connectivity index (χ0) is 34.4. The number of carbonyl (C=O) groups excluding carboxylic acids is 1. The number of carbonyl (C=O) groups is 2. The number of aromatic nitrogens is 2. The maximum atomic E-state index is 15.1. The first kappa shape index (κ1) is 33.1. The van der Waals surface area contributed by atoms with Gasteiger partial charge in [-0.2, -0.15) is 0 Å². The molecule has 0 aliphatic carbocycles. The lowest BCUT2D eigenvalue weighted by Crippen LogP contribution is -2.43. The molecular formula is C35H32F4N4O4. The van der Waals surface area contributed by atoms with Gasteiger partial charge in [0.1, 0.15) is 17.7 Å². The minimum Gasteiger partial charge on any atom is -0.480 e. The molecule has 0 bridgehead atoms. The van der Waals surface area contributed by atoms with Crippen molar-refractivity contribution in [2.75, 3.05) is 5.32 Å². The molecule has 47 heavy (non-hydrogen) atoms. The first-order valence-electron chi connectivity index (χ1n) is 14.7. The average Bonchev–Trinajstić information content (AvgIpc) is 2.99. The summed E-state index contributed by atoms with van der Waals surface area (Å²) in [4.78, 5) is 43.6. The van der Waals surface area contributed by atoms with E-state index in [4.69, 9.17) is 0 Å². The molecule has 12 heteroatoms. The van der Waals surface area contributed by atoms with Crippen LogP contribution in [0.15, 0.2) is 65.6 Å². The van der Waals surface area contributed by atoms with Crippen molar-refractivity contribution in [3.05, 3.63) is 105 Å². The Balaban J connectivity index is 1.49. The van der Waals surface area contributed by atoms with Crippen LogP contribution in [-0.4, -0.2) is 44.5 Å². The van der Waals surface area contributed by atoms with E-state index < -0.39 is 47.1 Å². The van der Waals surface area contributed by atoms with E-state index in [1.807, 2.05) is 0 Å². The normalized spacial score (nSPS) is 13.0. The Morgan fingerprint density at radius 2 is 1.77 bits per heavy atom. The topological polar surface area (TPSA) is 113 Å². The summed E-state index contributed by atoms with van der Waals surface area (Å²) in [6, 6.07) is 10.2. The highest BCUT2D eigenvalue weighted by atomic mass is 19.3. The Labute approximate surface area is 267 Å². The number of anilines is 1. The van der Waals surface area contributed by atoms with Crippen LogP contribution in [0.3, 0.4) is 0 Å². The van der Waals surface area contributed by atoms with Gasteiger partial charge in [-0.15, -0.1) is 0 Å². The summed E-state index contributed by atoms with van der Waals surface area (Å²) in [6.45, 7) is 5.10. The first-order chi connectivity index (χ1) is 22.1. The summed E-state index contributed by atoms with van der Waals surface area (Å²) in [5, 5.41) is 16.0. The molecule has 8 nitrogen and oxygen atoms in total. The van der Waals surface area contributed by atoms with Crippen LogP contribution in [0.1, 0.15) is 40.9 Å². The Kier molecular flexibility index (Phi) is 8.81. The molecule has 2 atom stereocenters. The average molecular weight is 649 g/mol. The smallest absolute Gasteiger partial charge is 0.326 e. The van der Waals surface area contributed by atoms with Gasteiger partial charge >= 0.3 is 5.97 Å². The minimum absolute atomic E-state index is 0.0426. The molecule has 0 spiro atoms. The minimum atomic E-state index is -3.09. The van der Waals surface area contributed by atoms with Crippen molar-refractivity contribution in [1.29, 1.82) is 0 Å². The van der Waals surface area contributed by atoms with Crippen LogP contribution in [0.2, 0.25) is 0 Å². The predicted octanol–water partition coefficient (Wildman–Crippen LogP) is 6.53. The fourth-order valence-corrected chi connectivity index (χ4v) is 5.74. The van der Waals surface area contributed by atoms with Gasteiger partial charge < -0.3 is 20.3 Å².